The van der Waals surface area contributed by atoms with Crippen molar-refractivity contribution in [3.05, 3.63) is 0 Å². The van der Waals surface area contributed by atoms with Crippen molar-refractivity contribution in [3.8, 4) is 0 Å². The van der Waals surface area contributed by atoms with Gasteiger partial charge in [0.1, 0.15) is 0 Å². The van der Waals surface area contributed by atoms with Gasteiger partial charge in [0.15, 0.2) is 0 Å². The van der Waals surface area contributed by atoms with Crippen LogP contribution in [0.3, 0.4) is 0 Å². The lowest BCUT2D eigenvalue weighted by Crippen LogP contribution is -2.53. The van der Waals surface area contributed by atoms with Gasteiger partial charge in [-0.2, -0.15) is 0 Å². The average Bonchev–Trinajstić information content (AvgIpc) is 2.24. The molecule has 0 aromatic heterocycles. The van der Waals surface area contributed by atoms with Crippen molar-refractivity contribution >= 4 is 22.8 Å². The Kier molecular flexibility index (Phi) is 7.78. The molecule has 20 heavy (non-hydrogen) atoms. The molecule has 0 radical (unpaired) electrons. The summed E-state index contributed by atoms with van der Waals surface area (Å²) in [4.78, 5) is 24.4. The summed E-state index contributed by atoms with van der Waals surface area (Å²) in [5.41, 5.74) is -0.452. The Morgan fingerprint density at radius 2 is 1.90 bits per heavy atom. The van der Waals surface area contributed by atoms with Gasteiger partial charge >= 0.3 is 12.0 Å². The van der Waals surface area contributed by atoms with Crippen molar-refractivity contribution in [2.75, 3.05) is 18.6 Å². The second kappa shape index (κ2) is 8.24. The zero-order valence-corrected chi connectivity index (χ0v) is 13.7. The van der Waals surface area contributed by atoms with Gasteiger partial charge in [-0.05, 0) is 34.1 Å². The number of aliphatic carboxylic acids is 1. The lowest BCUT2D eigenvalue weighted by atomic mass is 10.1. The summed E-state index contributed by atoms with van der Waals surface area (Å²) in [5, 5.41) is 11.6. The van der Waals surface area contributed by atoms with Crippen molar-refractivity contribution < 1.29 is 18.9 Å². The molecule has 0 rings (SSSR count). The molecule has 2 amide bonds. The Bertz CT molecular complexity index is 366. The largest absolute Gasteiger partial charge is 0.481 e. The van der Waals surface area contributed by atoms with E-state index < -0.39 is 22.3 Å². The van der Waals surface area contributed by atoms with Crippen molar-refractivity contribution in [3.63, 3.8) is 0 Å². The Hall–Kier alpha value is -1.11. The molecular weight excluding hydrogens is 280 g/mol. The van der Waals surface area contributed by atoms with E-state index in [1.807, 2.05) is 27.7 Å². The molecule has 2 unspecified atom stereocenters. The predicted molar refractivity (Wildman–Crippen MR) is 80.3 cm³/mol. The molecule has 6 nitrogen and oxygen atoms in total. The number of urea groups is 1. The highest BCUT2D eigenvalue weighted by Crippen LogP contribution is 2.14. The summed E-state index contributed by atoms with van der Waals surface area (Å²) >= 11 is 0. The lowest BCUT2D eigenvalue weighted by molar-refractivity contribution is -0.137. The smallest absolute Gasteiger partial charge is 0.318 e. The molecule has 0 saturated heterocycles. The summed E-state index contributed by atoms with van der Waals surface area (Å²) < 4.78 is 11.0. The lowest BCUT2D eigenvalue weighted by Gasteiger charge is -2.36. The van der Waals surface area contributed by atoms with Crippen molar-refractivity contribution in [1.82, 2.24) is 10.2 Å². The van der Waals surface area contributed by atoms with E-state index in [9.17, 15) is 13.8 Å². The van der Waals surface area contributed by atoms with Gasteiger partial charge in [-0.25, -0.2) is 4.79 Å². The molecule has 7 heteroatoms. The second-order valence-corrected chi connectivity index (χ2v) is 7.44. The molecule has 0 fully saturated rings. The minimum atomic E-state index is -0.929. The van der Waals surface area contributed by atoms with Gasteiger partial charge in [0.05, 0.1) is 6.42 Å². The maximum absolute atomic E-state index is 12.2. The molecule has 0 aromatic carbocycles. The van der Waals surface area contributed by atoms with E-state index in [2.05, 4.69) is 5.32 Å². The van der Waals surface area contributed by atoms with Crippen LogP contribution < -0.4 is 5.32 Å². The molecule has 0 spiro atoms. The quantitative estimate of drug-likeness (QED) is 0.745. The highest BCUT2D eigenvalue weighted by molar-refractivity contribution is 7.84. The average molecular weight is 306 g/mol. The predicted octanol–water partition coefficient (Wildman–Crippen LogP) is 1.43. The molecule has 0 aliphatic carbocycles. The van der Waals surface area contributed by atoms with Crippen molar-refractivity contribution in [2.24, 2.45) is 0 Å². The van der Waals surface area contributed by atoms with Gasteiger partial charge in [-0.3, -0.25) is 9.00 Å². The first-order valence-corrected chi connectivity index (χ1v) is 8.36. The summed E-state index contributed by atoms with van der Waals surface area (Å²) in [5.74, 6) is -0.395. The number of nitrogens with one attached hydrogen (secondary N) is 1. The zero-order valence-electron chi connectivity index (χ0n) is 12.9. The van der Waals surface area contributed by atoms with Gasteiger partial charge in [0, 0.05) is 40.9 Å². The maximum atomic E-state index is 12.2. The number of carbonyl (C=O) groups is 2. The fraction of sp³-hybridized carbons (Fsp3) is 0.846. The van der Waals surface area contributed by atoms with Crippen molar-refractivity contribution in [2.45, 2.75) is 52.1 Å². The highest BCUT2D eigenvalue weighted by atomic mass is 32.2. The Morgan fingerprint density at radius 3 is 2.30 bits per heavy atom. The molecule has 0 aliphatic rings. The van der Waals surface area contributed by atoms with Gasteiger partial charge in [-0.15, -0.1) is 0 Å². The normalized spacial score (nSPS) is 14.4. The molecule has 0 bridgehead atoms. The number of hydrogen-bond acceptors (Lipinski definition) is 3. The first-order chi connectivity index (χ1) is 9.04. The molecule has 0 saturated carbocycles. The van der Waals surface area contributed by atoms with Crippen LogP contribution in [-0.4, -0.2) is 56.3 Å². The van der Waals surface area contributed by atoms with E-state index in [0.717, 1.165) is 0 Å². The van der Waals surface area contributed by atoms with Crippen LogP contribution in [0, 0.1) is 0 Å². The van der Waals surface area contributed by atoms with Crippen LogP contribution in [0.25, 0.3) is 0 Å². The molecule has 2 atom stereocenters. The van der Waals surface area contributed by atoms with E-state index in [1.165, 1.54) is 4.90 Å². The topological polar surface area (TPSA) is 86.7 Å². The third-order valence-electron chi connectivity index (χ3n) is 2.81. The van der Waals surface area contributed by atoms with Crippen molar-refractivity contribution in [1.29, 1.82) is 0 Å². The van der Waals surface area contributed by atoms with Crippen LogP contribution >= 0.6 is 0 Å². The van der Waals surface area contributed by atoms with Gasteiger partial charge < -0.3 is 15.3 Å². The number of carbonyl (C=O) groups excluding carboxylic acids is 1. The molecule has 2 N–H and O–H groups in total. The van der Waals surface area contributed by atoms with Crippen LogP contribution in [0.4, 0.5) is 4.79 Å². The monoisotopic (exact) mass is 306 g/mol. The molecule has 0 aliphatic heterocycles. The number of carboxylic acids is 1. The molecule has 118 valence electrons. The van der Waals surface area contributed by atoms with Gasteiger partial charge in [0.2, 0.25) is 0 Å². The number of carboxylic acid groups (broad SMARTS) is 1. The standard InChI is InChI=1S/C13H26N2O4S/c1-10(7-9-20(5)19)14-12(18)15(13(2,3)4)8-6-11(16)17/h10H,6-9H2,1-5H3,(H,14,18)(H,16,17). The molecule has 0 aromatic rings. The van der Waals surface area contributed by atoms with E-state index in [0.29, 0.717) is 12.2 Å². The van der Waals surface area contributed by atoms with E-state index in [1.54, 1.807) is 6.26 Å². The van der Waals surface area contributed by atoms with E-state index >= 15 is 0 Å². The fourth-order valence-electron chi connectivity index (χ4n) is 1.65. The minimum absolute atomic E-state index is 0.0853. The Balaban J connectivity index is 4.55. The first kappa shape index (κ1) is 18.9. The zero-order chi connectivity index (χ0) is 15.9. The van der Waals surface area contributed by atoms with Crippen LogP contribution in [-0.2, 0) is 15.6 Å². The van der Waals surface area contributed by atoms with Crippen LogP contribution in [0.5, 0.6) is 0 Å². The van der Waals surface area contributed by atoms with Crippen LogP contribution in [0.1, 0.15) is 40.5 Å². The first-order valence-electron chi connectivity index (χ1n) is 6.64. The Labute approximate surface area is 123 Å². The molecular formula is C13H26N2O4S. The number of amides is 2. The Morgan fingerprint density at radius 1 is 1.35 bits per heavy atom. The fourth-order valence-corrected chi connectivity index (χ4v) is 2.34. The summed E-state index contributed by atoms with van der Waals surface area (Å²) in [6, 6.07) is -0.380. The second-order valence-electron chi connectivity index (χ2n) is 5.88. The summed E-state index contributed by atoms with van der Waals surface area (Å²) in [6.45, 7) is 7.60. The van der Waals surface area contributed by atoms with Gasteiger partial charge in [-0.1, -0.05) is 0 Å². The van der Waals surface area contributed by atoms with Crippen LogP contribution in [0.2, 0.25) is 0 Å². The third-order valence-corrected chi connectivity index (χ3v) is 3.62. The summed E-state index contributed by atoms with van der Waals surface area (Å²) in [6.07, 6.45) is 2.17. The molecule has 0 heterocycles. The minimum Gasteiger partial charge on any atom is -0.481 e. The van der Waals surface area contributed by atoms with Crippen LogP contribution in [0.15, 0.2) is 0 Å². The van der Waals surface area contributed by atoms with Gasteiger partial charge in [0.25, 0.3) is 0 Å². The SMILES string of the molecule is CC(CCS(C)=O)NC(=O)N(CCC(=O)O)C(C)(C)C. The number of rotatable bonds is 7. The van der Waals surface area contributed by atoms with E-state index in [-0.39, 0.29) is 25.0 Å². The number of hydrogen-bond donors (Lipinski definition) is 2. The summed E-state index contributed by atoms with van der Waals surface area (Å²) in [7, 11) is -0.881. The maximum Gasteiger partial charge on any atom is 0.318 e. The highest BCUT2D eigenvalue weighted by Gasteiger charge is 2.27. The van der Waals surface area contributed by atoms with E-state index in [4.69, 9.17) is 5.11 Å². The third kappa shape index (κ3) is 8.14. The number of nitrogens with zero attached hydrogens (tertiary/aromatic N) is 1.